The molecule has 200 valence electrons. The number of benzene rings is 2. The molecule has 0 N–H and O–H groups in total. The molecule has 0 spiro atoms. The summed E-state index contributed by atoms with van der Waals surface area (Å²) >= 11 is 0. The van der Waals surface area contributed by atoms with Crippen molar-refractivity contribution >= 4 is 5.78 Å². The van der Waals surface area contributed by atoms with E-state index < -0.39 is 0 Å². The zero-order chi connectivity index (χ0) is 27.4. The molecule has 4 aromatic rings. The van der Waals surface area contributed by atoms with Gasteiger partial charge in [0.25, 0.3) is 0 Å². The monoisotopic (exact) mass is 519 g/mol. The van der Waals surface area contributed by atoms with Crippen LogP contribution in [0.3, 0.4) is 0 Å². The lowest BCUT2D eigenvalue weighted by molar-refractivity contribution is 0.0966. The van der Waals surface area contributed by atoms with Gasteiger partial charge in [-0.3, -0.25) is 14.7 Å². The minimum Gasteiger partial charge on any atom is -0.304 e. The normalized spacial score (nSPS) is 16.1. The predicted octanol–water partition coefficient (Wildman–Crippen LogP) is 5.73. The second-order valence-corrected chi connectivity index (χ2v) is 10.7. The van der Waals surface area contributed by atoms with Crippen LogP contribution in [-0.4, -0.2) is 63.8 Å². The van der Waals surface area contributed by atoms with Gasteiger partial charge >= 0.3 is 0 Å². The number of aryl methyl sites for hydroxylation is 1. The number of ketones is 1. The molecule has 2 unspecified atom stereocenters. The lowest BCUT2D eigenvalue weighted by Gasteiger charge is -2.32. The molecular weight excluding hydrogens is 482 g/mol. The SMILES string of the molecule is Cc1ccc(C(C)C(=O)c2ccc(CN3CCN(C)CC3)cc2)cc1C(C)c1nccc(-c2cccnc2)n1. The summed E-state index contributed by atoms with van der Waals surface area (Å²) in [4.78, 5) is 32.0. The molecule has 1 saturated heterocycles. The summed E-state index contributed by atoms with van der Waals surface area (Å²) in [5.74, 6) is 0.630. The molecule has 0 saturated carbocycles. The molecule has 0 amide bonds. The number of Topliss-reactive ketones (excluding diaryl/α,β-unsaturated/α-hetero) is 1. The van der Waals surface area contributed by atoms with Crippen LogP contribution in [0, 0.1) is 6.92 Å². The van der Waals surface area contributed by atoms with Crippen molar-refractivity contribution < 1.29 is 4.79 Å². The maximum Gasteiger partial charge on any atom is 0.170 e. The van der Waals surface area contributed by atoms with Crippen LogP contribution in [-0.2, 0) is 6.54 Å². The fourth-order valence-corrected chi connectivity index (χ4v) is 5.23. The van der Waals surface area contributed by atoms with Crippen LogP contribution in [0.4, 0.5) is 0 Å². The van der Waals surface area contributed by atoms with Gasteiger partial charge in [-0.25, -0.2) is 9.97 Å². The van der Waals surface area contributed by atoms with Gasteiger partial charge < -0.3 is 4.90 Å². The number of nitrogens with zero attached hydrogens (tertiary/aromatic N) is 5. The molecule has 2 aromatic carbocycles. The number of carbonyl (C=O) groups is 1. The third-order valence-corrected chi connectivity index (χ3v) is 7.92. The molecule has 6 heteroatoms. The highest BCUT2D eigenvalue weighted by molar-refractivity contribution is 6.00. The van der Waals surface area contributed by atoms with E-state index >= 15 is 0 Å². The maximum atomic E-state index is 13.5. The molecule has 2 atom stereocenters. The van der Waals surface area contributed by atoms with Gasteiger partial charge in [0.2, 0.25) is 0 Å². The zero-order valence-corrected chi connectivity index (χ0v) is 23.3. The molecule has 3 heterocycles. The van der Waals surface area contributed by atoms with E-state index in [2.05, 4.69) is 71.0 Å². The highest BCUT2D eigenvalue weighted by Crippen LogP contribution is 2.30. The van der Waals surface area contributed by atoms with Crippen molar-refractivity contribution in [1.82, 2.24) is 24.8 Å². The van der Waals surface area contributed by atoms with Crippen molar-refractivity contribution in [2.75, 3.05) is 33.2 Å². The Morgan fingerprint density at radius 1 is 0.949 bits per heavy atom. The number of hydrogen-bond donors (Lipinski definition) is 0. The number of carbonyl (C=O) groups excluding carboxylic acids is 1. The summed E-state index contributed by atoms with van der Waals surface area (Å²) in [5, 5.41) is 0. The quantitative estimate of drug-likeness (QED) is 0.277. The second-order valence-electron chi connectivity index (χ2n) is 10.7. The number of hydrogen-bond acceptors (Lipinski definition) is 6. The topological polar surface area (TPSA) is 62.2 Å². The van der Waals surface area contributed by atoms with Crippen molar-refractivity contribution in [2.24, 2.45) is 0 Å². The molecule has 0 radical (unpaired) electrons. The average molecular weight is 520 g/mol. The van der Waals surface area contributed by atoms with Gasteiger partial charge in [-0.1, -0.05) is 56.3 Å². The Bertz CT molecular complexity index is 1410. The summed E-state index contributed by atoms with van der Waals surface area (Å²) in [6.45, 7) is 11.5. The molecular formula is C33H37N5O. The van der Waals surface area contributed by atoms with E-state index in [-0.39, 0.29) is 17.6 Å². The molecule has 1 fully saturated rings. The van der Waals surface area contributed by atoms with Crippen LogP contribution < -0.4 is 0 Å². The van der Waals surface area contributed by atoms with Gasteiger partial charge in [-0.15, -0.1) is 0 Å². The minimum atomic E-state index is -0.248. The number of pyridine rings is 1. The van der Waals surface area contributed by atoms with E-state index in [0.717, 1.165) is 72.1 Å². The smallest absolute Gasteiger partial charge is 0.170 e. The second kappa shape index (κ2) is 12.0. The van der Waals surface area contributed by atoms with Crippen molar-refractivity contribution in [1.29, 1.82) is 0 Å². The third kappa shape index (κ3) is 6.29. The Balaban J connectivity index is 1.31. The summed E-state index contributed by atoms with van der Waals surface area (Å²) in [5.41, 5.74) is 7.14. The highest BCUT2D eigenvalue weighted by Gasteiger charge is 2.21. The first-order chi connectivity index (χ1) is 18.9. The largest absolute Gasteiger partial charge is 0.304 e. The fourth-order valence-electron chi connectivity index (χ4n) is 5.23. The number of likely N-dealkylation sites (N-methyl/N-ethyl adjacent to an activating group) is 1. The lowest BCUT2D eigenvalue weighted by Crippen LogP contribution is -2.43. The van der Waals surface area contributed by atoms with Gasteiger partial charge in [0.15, 0.2) is 5.78 Å². The Labute approximate surface area is 231 Å². The first kappa shape index (κ1) is 26.9. The van der Waals surface area contributed by atoms with Crippen LogP contribution in [0.1, 0.15) is 64.1 Å². The van der Waals surface area contributed by atoms with Crippen LogP contribution in [0.5, 0.6) is 0 Å². The molecule has 0 aliphatic carbocycles. The number of aromatic nitrogens is 3. The predicted molar refractivity (Wildman–Crippen MR) is 156 cm³/mol. The van der Waals surface area contributed by atoms with Gasteiger partial charge in [0, 0.05) is 74.3 Å². The molecule has 39 heavy (non-hydrogen) atoms. The van der Waals surface area contributed by atoms with E-state index in [4.69, 9.17) is 4.98 Å². The van der Waals surface area contributed by atoms with E-state index in [0.29, 0.717) is 0 Å². The first-order valence-corrected chi connectivity index (χ1v) is 13.8. The van der Waals surface area contributed by atoms with Crippen molar-refractivity contribution in [2.45, 2.75) is 39.2 Å². The summed E-state index contributed by atoms with van der Waals surface area (Å²) in [6, 6.07) is 20.3. The molecule has 0 bridgehead atoms. The third-order valence-electron chi connectivity index (χ3n) is 7.92. The Morgan fingerprint density at radius 3 is 2.44 bits per heavy atom. The number of rotatable bonds is 8. The van der Waals surface area contributed by atoms with Gasteiger partial charge in [0.1, 0.15) is 5.82 Å². The van der Waals surface area contributed by atoms with E-state index in [9.17, 15) is 4.79 Å². The Morgan fingerprint density at radius 2 is 1.72 bits per heavy atom. The van der Waals surface area contributed by atoms with E-state index in [1.54, 1.807) is 12.4 Å². The van der Waals surface area contributed by atoms with E-state index in [1.807, 2.05) is 43.5 Å². The molecule has 2 aromatic heterocycles. The molecule has 1 aliphatic rings. The van der Waals surface area contributed by atoms with Gasteiger partial charge in [-0.05, 0) is 54.4 Å². The van der Waals surface area contributed by atoms with Crippen LogP contribution in [0.25, 0.3) is 11.3 Å². The lowest BCUT2D eigenvalue weighted by atomic mass is 9.87. The maximum absolute atomic E-state index is 13.5. The van der Waals surface area contributed by atoms with Crippen molar-refractivity contribution in [3.8, 4) is 11.3 Å². The van der Waals surface area contributed by atoms with Gasteiger partial charge in [-0.2, -0.15) is 0 Å². The van der Waals surface area contributed by atoms with Crippen LogP contribution in [0.2, 0.25) is 0 Å². The Hall–Kier alpha value is -3.74. The van der Waals surface area contributed by atoms with Gasteiger partial charge in [0.05, 0.1) is 5.69 Å². The Kier molecular flexibility index (Phi) is 8.24. The fraction of sp³-hybridized carbons (Fsp3) is 0.333. The van der Waals surface area contributed by atoms with Crippen molar-refractivity contribution in [3.05, 3.63) is 113 Å². The molecule has 6 nitrogen and oxygen atoms in total. The summed E-state index contributed by atoms with van der Waals surface area (Å²) in [6.07, 6.45) is 5.38. The van der Waals surface area contributed by atoms with Crippen LogP contribution in [0.15, 0.2) is 79.3 Å². The number of piperazine rings is 1. The average Bonchev–Trinajstić information content (AvgIpc) is 2.98. The summed E-state index contributed by atoms with van der Waals surface area (Å²) in [7, 11) is 2.17. The molecule has 5 rings (SSSR count). The first-order valence-electron chi connectivity index (χ1n) is 13.8. The zero-order valence-electron chi connectivity index (χ0n) is 23.3. The standard InChI is InChI=1S/C33H37N5O/c1-23-7-10-28(20-30(23)25(3)33-35-15-13-31(36-33)29-6-5-14-34-21-29)24(2)32(39)27-11-8-26(9-12-27)22-38-18-16-37(4)17-19-38/h5-15,20-21,24-25H,16-19,22H2,1-4H3. The minimum absolute atomic E-state index is 0.0160. The van der Waals surface area contributed by atoms with Crippen LogP contribution >= 0.6 is 0 Å². The van der Waals surface area contributed by atoms with Crippen molar-refractivity contribution in [3.63, 3.8) is 0 Å². The van der Waals surface area contributed by atoms with E-state index in [1.165, 1.54) is 5.56 Å². The summed E-state index contributed by atoms with van der Waals surface area (Å²) < 4.78 is 0. The molecule has 1 aliphatic heterocycles. The highest BCUT2D eigenvalue weighted by atomic mass is 16.1.